The lowest BCUT2D eigenvalue weighted by Crippen LogP contribution is -2.46. The molecule has 0 unspecified atom stereocenters. The first kappa shape index (κ1) is 19.0. The van der Waals surface area contributed by atoms with Gasteiger partial charge in [0.15, 0.2) is 6.61 Å². The number of carbonyl (C=O) groups is 3. The Morgan fingerprint density at radius 2 is 1.72 bits per heavy atom. The van der Waals surface area contributed by atoms with Crippen LogP contribution in [0.5, 0.6) is 0 Å². The zero-order valence-electron chi connectivity index (χ0n) is 14.8. The summed E-state index contributed by atoms with van der Waals surface area (Å²) in [7, 11) is 0. The molecule has 0 heterocycles. The van der Waals surface area contributed by atoms with Crippen LogP contribution in [0, 0.1) is 0 Å². The van der Waals surface area contributed by atoms with Crippen LogP contribution in [0.3, 0.4) is 0 Å². The zero-order chi connectivity index (χ0) is 18.3. The van der Waals surface area contributed by atoms with Gasteiger partial charge < -0.3 is 10.1 Å². The van der Waals surface area contributed by atoms with Gasteiger partial charge in [-0.05, 0) is 32.3 Å². The smallest absolute Gasteiger partial charge is 0.321 e. The molecule has 1 aliphatic rings. The van der Waals surface area contributed by atoms with Gasteiger partial charge in [-0.2, -0.15) is 0 Å². The fourth-order valence-electron chi connectivity index (χ4n) is 2.92. The molecule has 0 spiro atoms. The van der Waals surface area contributed by atoms with E-state index in [9.17, 15) is 14.4 Å². The average molecular weight is 346 g/mol. The Bertz CT molecular complexity index is 607. The van der Waals surface area contributed by atoms with E-state index in [0.29, 0.717) is 0 Å². The highest BCUT2D eigenvalue weighted by Crippen LogP contribution is 2.24. The molecule has 1 fully saturated rings. The number of ether oxygens (including phenoxy) is 1. The number of hydrogen-bond acceptors (Lipinski definition) is 4. The normalized spacial score (nSPS) is 15.3. The molecule has 0 bridgehead atoms. The summed E-state index contributed by atoms with van der Waals surface area (Å²) in [6.07, 6.45) is 5.23. The molecule has 0 aromatic heterocycles. The van der Waals surface area contributed by atoms with Crippen molar-refractivity contribution in [3.05, 3.63) is 35.9 Å². The quantitative estimate of drug-likeness (QED) is 0.803. The fourth-order valence-corrected chi connectivity index (χ4v) is 2.92. The predicted octanol–water partition coefficient (Wildman–Crippen LogP) is 2.67. The molecule has 2 rings (SSSR count). The van der Waals surface area contributed by atoms with E-state index >= 15 is 0 Å². The van der Waals surface area contributed by atoms with Crippen LogP contribution in [-0.2, 0) is 19.7 Å². The summed E-state index contributed by atoms with van der Waals surface area (Å²) in [4.78, 5) is 35.9. The number of urea groups is 1. The maximum atomic E-state index is 12.3. The molecular weight excluding hydrogens is 320 g/mol. The fraction of sp³-hybridized carbons (Fsp3) is 0.526. The number of nitrogens with one attached hydrogen (secondary N) is 2. The number of benzene rings is 1. The summed E-state index contributed by atoms with van der Waals surface area (Å²) >= 11 is 0. The Hall–Kier alpha value is -2.37. The molecule has 2 N–H and O–H groups in total. The summed E-state index contributed by atoms with van der Waals surface area (Å²) in [6.45, 7) is 2.99. The highest BCUT2D eigenvalue weighted by molar-refractivity contribution is 5.96. The van der Waals surface area contributed by atoms with Gasteiger partial charge in [-0.25, -0.2) is 4.79 Å². The van der Waals surface area contributed by atoms with Crippen molar-refractivity contribution in [2.75, 3.05) is 6.61 Å². The third-order valence-electron chi connectivity index (χ3n) is 4.53. The van der Waals surface area contributed by atoms with E-state index in [-0.39, 0.29) is 6.04 Å². The summed E-state index contributed by atoms with van der Waals surface area (Å²) in [5, 5.41) is 4.99. The molecule has 0 saturated heterocycles. The third kappa shape index (κ3) is 5.59. The van der Waals surface area contributed by atoms with Crippen LogP contribution in [0.25, 0.3) is 0 Å². The Morgan fingerprint density at radius 1 is 1.08 bits per heavy atom. The van der Waals surface area contributed by atoms with Crippen molar-refractivity contribution in [2.45, 2.75) is 57.4 Å². The van der Waals surface area contributed by atoms with Crippen LogP contribution < -0.4 is 10.6 Å². The van der Waals surface area contributed by atoms with E-state index < -0.39 is 29.9 Å². The summed E-state index contributed by atoms with van der Waals surface area (Å²) in [6, 6.07) is 8.79. The molecule has 0 atom stereocenters. The van der Waals surface area contributed by atoms with Crippen LogP contribution >= 0.6 is 0 Å². The highest BCUT2D eigenvalue weighted by atomic mass is 16.5. The second-order valence-electron chi connectivity index (χ2n) is 6.92. The summed E-state index contributed by atoms with van der Waals surface area (Å²) in [5.41, 5.74) is -0.0678. The number of hydrogen-bond donors (Lipinski definition) is 2. The standard InChI is InChI=1S/C19H26N2O4/c1-19(2,14-9-5-3-6-10-14)17(23)25-13-16(22)21-18(24)20-15-11-7-4-8-12-15/h3,5-6,9-10,15H,4,7-8,11-13H2,1-2H3,(H2,20,21,22,24). The van der Waals surface area contributed by atoms with Gasteiger partial charge in [0.1, 0.15) is 0 Å². The molecule has 136 valence electrons. The average Bonchev–Trinajstić information content (AvgIpc) is 2.61. The van der Waals surface area contributed by atoms with Crippen molar-refractivity contribution in [2.24, 2.45) is 0 Å². The first-order valence-electron chi connectivity index (χ1n) is 8.72. The van der Waals surface area contributed by atoms with Crippen molar-refractivity contribution < 1.29 is 19.1 Å². The van der Waals surface area contributed by atoms with Crippen LogP contribution in [0.15, 0.2) is 30.3 Å². The molecule has 1 aromatic rings. The van der Waals surface area contributed by atoms with Gasteiger partial charge in [-0.15, -0.1) is 0 Å². The monoisotopic (exact) mass is 346 g/mol. The minimum atomic E-state index is -0.869. The van der Waals surface area contributed by atoms with Crippen molar-refractivity contribution in [1.29, 1.82) is 0 Å². The van der Waals surface area contributed by atoms with Gasteiger partial charge in [0.05, 0.1) is 5.41 Å². The first-order valence-corrected chi connectivity index (χ1v) is 8.72. The largest absolute Gasteiger partial charge is 0.455 e. The van der Waals surface area contributed by atoms with Gasteiger partial charge in [0, 0.05) is 6.04 Å². The third-order valence-corrected chi connectivity index (χ3v) is 4.53. The number of carbonyl (C=O) groups excluding carboxylic acids is 3. The zero-order valence-corrected chi connectivity index (χ0v) is 14.8. The van der Waals surface area contributed by atoms with Gasteiger partial charge in [0.2, 0.25) is 0 Å². The minimum absolute atomic E-state index is 0.112. The molecule has 1 aromatic carbocycles. The molecule has 25 heavy (non-hydrogen) atoms. The molecule has 1 saturated carbocycles. The van der Waals surface area contributed by atoms with Crippen molar-refractivity contribution in [3.8, 4) is 0 Å². The summed E-state index contributed by atoms with van der Waals surface area (Å²) in [5.74, 6) is -1.15. The molecule has 3 amide bonds. The Morgan fingerprint density at radius 3 is 2.36 bits per heavy atom. The summed E-state index contributed by atoms with van der Waals surface area (Å²) < 4.78 is 5.08. The number of esters is 1. The number of imide groups is 1. The Kier molecular flexibility index (Phi) is 6.56. The lowest BCUT2D eigenvalue weighted by molar-refractivity contribution is -0.153. The van der Waals surface area contributed by atoms with E-state index in [4.69, 9.17) is 4.74 Å². The van der Waals surface area contributed by atoms with Crippen molar-refractivity contribution in [3.63, 3.8) is 0 Å². The van der Waals surface area contributed by atoms with Crippen LogP contribution in [0.2, 0.25) is 0 Å². The van der Waals surface area contributed by atoms with E-state index in [1.54, 1.807) is 13.8 Å². The number of amides is 3. The van der Waals surface area contributed by atoms with Crippen LogP contribution in [-0.4, -0.2) is 30.6 Å². The van der Waals surface area contributed by atoms with Gasteiger partial charge >= 0.3 is 12.0 Å². The molecule has 6 nitrogen and oxygen atoms in total. The lowest BCUT2D eigenvalue weighted by Gasteiger charge is -2.23. The minimum Gasteiger partial charge on any atom is -0.455 e. The Labute approximate surface area is 148 Å². The van der Waals surface area contributed by atoms with Gasteiger partial charge in [0.25, 0.3) is 5.91 Å². The highest BCUT2D eigenvalue weighted by Gasteiger charge is 2.31. The molecule has 6 heteroatoms. The van der Waals surface area contributed by atoms with Crippen LogP contribution in [0.1, 0.15) is 51.5 Å². The maximum absolute atomic E-state index is 12.3. The van der Waals surface area contributed by atoms with E-state index in [1.165, 1.54) is 6.42 Å². The van der Waals surface area contributed by atoms with Crippen LogP contribution in [0.4, 0.5) is 4.79 Å². The number of rotatable bonds is 5. The van der Waals surface area contributed by atoms with Crippen molar-refractivity contribution >= 4 is 17.9 Å². The molecule has 1 aliphatic carbocycles. The second kappa shape index (κ2) is 8.65. The topological polar surface area (TPSA) is 84.5 Å². The van der Waals surface area contributed by atoms with E-state index in [0.717, 1.165) is 31.2 Å². The maximum Gasteiger partial charge on any atom is 0.321 e. The second-order valence-corrected chi connectivity index (χ2v) is 6.92. The molecular formula is C19H26N2O4. The molecule has 0 aliphatic heterocycles. The first-order chi connectivity index (χ1) is 11.9. The van der Waals surface area contributed by atoms with E-state index in [2.05, 4.69) is 10.6 Å². The van der Waals surface area contributed by atoms with Gasteiger partial charge in [-0.1, -0.05) is 49.6 Å². The van der Waals surface area contributed by atoms with Crippen molar-refractivity contribution in [1.82, 2.24) is 10.6 Å². The van der Waals surface area contributed by atoms with E-state index in [1.807, 2.05) is 30.3 Å². The SMILES string of the molecule is CC(C)(C(=O)OCC(=O)NC(=O)NC1CCCCC1)c1ccccc1. The Balaban J connectivity index is 1.77. The lowest BCUT2D eigenvalue weighted by atomic mass is 9.85. The predicted molar refractivity (Wildman–Crippen MR) is 94.0 cm³/mol. The molecule has 0 radical (unpaired) electrons. The van der Waals surface area contributed by atoms with Gasteiger partial charge in [-0.3, -0.25) is 14.9 Å².